The molecule has 0 aromatic heterocycles. The standard InChI is InChI=1S/C18H26N2O3/c1-17(2,3)18-7-6-13(20(18)16(22)23)8-12(10-18)11-4-5-14(19)15(21)9-11/h4-5,9,12-13,21H,6-8,10,19H2,1-3H3,(H,22,23). The number of anilines is 1. The Morgan fingerprint density at radius 1 is 1.39 bits per heavy atom. The van der Waals surface area contributed by atoms with E-state index in [1.54, 1.807) is 17.0 Å². The first kappa shape index (κ1) is 16.0. The van der Waals surface area contributed by atoms with Crippen LogP contribution in [0.5, 0.6) is 5.75 Å². The number of nitrogens with two attached hydrogens (primary N) is 1. The van der Waals surface area contributed by atoms with Gasteiger partial charge in [-0.2, -0.15) is 0 Å². The Labute approximate surface area is 137 Å². The summed E-state index contributed by atoms with van der Waals surface area (Å²) < 4.78 is 0. The van der Waals surface area contributed by atoms with Gasteiger partial charge >= 0.3 is 6.09 Å². The Bertz CT molecular complexity index is 638. The molecular weight excluding hydrogens is 292 g/mol. The SMILES string of the molecule is CC(C)(C)C12CCC(CC(c3ccc(N)c(O)c3)C1)N2C(=O)O. The number of fused-ring (bicyclic) bond motifs is 2. The third kappa shape index (κ3) is 2.33. The highest BCUT2D eigenvalue weighted by Gasteiger charge is 2.59. The number of hydrogen-bond donors (Lipinski definition) is 3. The zero-order valence-electron chi connectivity index (χ0n) is 14.0. The summed E-state index contributed by atoms with van der Waals surface area (Å²) in [5, 5.41) is 19.7. The number of nitrogens with zero attached hydrogens (tertiary/aromatic N) is 1. The molecule has 0 spiro atoms. The summed E-state index contributed by atoms with van der Waals surface area (Å²) in [5.74, 6) is 0.365. The van der Waals surface area contributed by atoms with Gasteiger partial charge in [0.05, 0.1) is 11.2 Å². The minimum Gasteiger partial charge on any atom is -0.506 e. The van der Waals surface area contributed by atoms with Gasteiger partial charge in [-0.3, -0.25) is 4.90 Å². The smallest absolute Gasteiger partial charge is 0.408 e. The molecule has 2 aliphatic rings. The van der Waals surface area contributed by atoms with Gasteiger partial charge in [0.15, 0.2) is 0 Å². The average Bonchev–Trinajstić information content (AvgIpc) is 2.70. The van der Waals surface area contributed by atoms with Crippen molar-refractivity contribution in [2.75, 3.05) is 5.73 Å². The lowest BCUT2D eigenvalue weighted by molar-refractivity contribution is -0.0209. The van der Waals surface area contributed by atoms with Gasteiger partial charge in [-0.25, -0.2) is 4.79 Å². The molecular formula is C18H26N2O3. The van der Waals surface area contributed by atoms with Crippen molar-refractivity contribution in [1.29, 1.82) is 0 Å². The minimum absolute atomic E-state index is 0.0603. The molecule has 2 bridgehead atoms. The van der Waals surface area contributed by atoms with Gasteiger partial charge in [-0.1, -0.05) is 26.8 Å². The van der Waals surface area contributed by atoms with Gasteiger partial charge < -0.3 is 15.9 Å². The second-order valence-electron chi connectivity index (χ2n) is 8.08. The molecule has 0 radical (unpaired) electrons. The summed E-state index contributed by atoms with van der Waals surface area (Å²) in [7, 11) is 0. The largest absolute Gasteiger partial charge is 0.506 e. The van der Waals surface area contributed by atoms with Gasteiger partial charge in [0.25, 0.3) is 0 Å². The Kier molecular flexibility index (Phi) is 3.50. The molecule has 1 aromatic rings. The molecule has 2 fully saturated rings. The summed E-state index contributed by atoms with van der Waals surface area (Å²) in [5.41, 5.74) is 6.67. The van der Waals surface area contributed by atoms with E-state index < -0.39 is 6.09 Å². The summed E-state index contributed by atoms with van der Waals surface area (Å²) in [6, 6.07) is 5.50. The fourth-order valence-electron chi connectivity index (χ4n) is 4.70. The maximum Gasteiger partial charge on any atom is 0.408 e. The van der Waals surface area contributed by atoms with Crippen LogP contribution in [0.25, 0.3) is 0 Å². The highest BCUT2D eigenvalue weighted by Crippen LogP contribution is 2.57. The van der Waals surface area contributed by atoms with Gasteiger partial charge in [-0.15, -0.1) is 0 Å². The zero-order valence-corrected chi connectivity index (χ0v) is 14.0. The maximum atomic E-state index is 11.9. The van der Waals surface area contributed by atoms with Gasteiger partial charge in [0.1, 0.15) is 5.75 Å². The topological polar surface area (TPSA) is 86.8 Å². The average molecular weight is 318 g/mol. The van der Waals surface area contributed by atoms with E-state index in [0.29, 0.717) is 5.69 Å². The molecule has 4 N–H and O–H groups in total. The van der Waals surface area contributed by atoms with Crippen molar-refractivity contribution in [2.45, 2.75) is 64.0 Å². The summed E-state index contributed by atoms with van der Waals surface area (Å²) in [4.78, 5) is 13.6. The van der Waals surface area contributed by atoms with E-state index in [1.807, 2.05) is 6.07 Å². The molecule has 5 heteroatoms. The highest BCUT2D eigenvalue weighted by atomic mass is 16.4. The molecule has 23 heavy (non-hydrogen) atoms. The van der Waals surface area contributed by atoms with E-state index in [2.05, 4.69) is 20.8 Å². The number of phenolic OH excluding ortho intramolecular Hbond substituents is 1. The number of aromatic hydroxyl groups is 1. The van der Waals surface area contributed by atoms with Crippen LogP contribution >= 0.6 is 0 Å². The fourth-order valence-corrected chi connectivity index (χ4v) is 4.70. The van der Waals surface area contributed by atoms with Crippen molar-refractivity contribution >= 4 is 11.8 Å². The maximum absolute atomic E-state index is 11.9. The number of hydrogen-bond acceptors (Lipinski definition) is 3. The van der Waals surface area contributed by atoms with Crippen LogP contribution in [0.15, 0.2) is 18.2 Å². The lowest BCUT2D eigenvalue weighted by Crippen LogP contribution is -2.60. The number of carbonyl (C=O) groups is 1. The lowest BCUT2D eigenvalue weighted by Gasteiger charge is -2.53. The van der Waals surface area contributed by atoms with Crippen LogP contribution in [0.1, 0.15) is 57.9 Å². The molecule has 3 atom stereocenters. The number of benzene rings is 1. The fraction of sp³-hybridized carbons (Fsp3) is 0.611. The van der Waals surface area contributed by atoms with Crippen LogP contribution < -0.4 is 5.73 Å². The predicted molar refractivity (Wildman–Crippen MR) is 89.6 cm³/mol. The molecule has 2 heterocycles. The molecule has 5 nitrogen and oxygen atoms in total. The van der Waals surface area contributed by atoms with Gasteiger partial charge in [0, 0.05) is 6.04 Å². The minimum atomic E-state index is -0.805. The molecule has 1 amide bonds. The Morgan fingerprint density at radius 2 is 2.09 bits per heavy atom. The number of nitrogen functional groups attached to an aromatic ring is 1. The summed E-state index contributed by atoms with van der Waals surface area (Å²) in [6.45, 7) is 6.40. The number of carboxylic acid groups (broad SMARTS) is 1. The molecule has 3 unspecified atom stereocenters. The Balaban J connectivity index is 2.00. The summed E-state index contributed by atoms with van der Waals surface area (Å²) >= 11 is 0. The highest BCUT2D eigenvalue weighted by molar-refractivity contribution is 5.68. The van der Waals surface area contributed by atoms with E-state index in [9.17, 15) is 15.0 Å². The third-order valence-electron chi connectivity index (χ3n) is 5.99. The number of amides is 1. The third-order valence-corrected chi connectivity index (χ3v) is 5.99. The normalized spacial score (nSPS) is 30.5. The van der Waals surface area contributed by atoms with E-state index >= 15 is 0 Å². The van der Waals surface area contributed by atoms with E-state index in [1.165, 1.54) is 0 Å². The van der Waals surface area contributed by atoms with Crippen LogP contribution in [0, 0.1) is 5.41 Å². The van der Waals surface area contributed by atoms with Crippen molar-refractivity contribution in [3.63, 3.8) is 0 Å². The predicted octanol–water partition coefficient (Wildman–Crippen LogP) is 3.78. The van der Waals surface area contributed by atoms with Crippen LogP contribution in [-0.4, -0.2) is 32.8 Å². The second kappa shape index (κ2) is 5.05. The van der Waals surface area contributed by atoms with Crippen molar-refractivity contribution in [1.82, 2.24) is 4.90 Å². The molecule has 126 valence electrons. The first-order valence-corrected chi connectivity index (χ1v) is 8.26. The van der Waals surface area contributed by atoms with E-state index in [-0.39, 0.29) is 28.7 Å². The van der Waals surface area contributed by atoms with Crippen LogP contribution in [0.4, 0.5) is 10.5 Å². The van der Waals surface area contributed by atoms with Crippen molar-refractivity contribution in [3.8, 4) is 5.75 Å². The van der Waals surface area contributed by atoms with Crippen LogP contribution in [0.2, 0.25) is 0 Å². The number of rotatable bonds is 1. The van der Waals surface area contributed by atoms with E-state index in [4.69, 9.17) is 5.73 Å². The van der Waals surface area contributed by atoms with Crippen molar-refractivity contribution in [2.24, 2.45) is 5.41 Å². The summed E-state index contributed by atoms with van der Waals surface area (Å²) in [6.07, 6.45) is 2.63. The van der Waals surface area contributed by atoms with Crippen molar-refractivity contribution in [3.05, 3.63) is 23.8 Å². The Morgan fingerprint density at radius 3 is 2.65 bits per heavy atom. The zero-order chi connectivity index (χ0) is 17.0. The van der Waals surface area contributed by atoms with Crippen molar-refractivity contribution < 1.29 is 15.0 Å². The molecule has 1 aromatic carbocycles. The quantitative estimate of drug-likeness (QED) is 0.543. The second-order valence-corrected chi connectivity index (χ2v) is 8.08. The van der Waals surface area contributed by atoms with Gasteiger partial charge in [-0.05, 0) is 54.7 Å². The molecule has 2 aliphatic heterocycles. The van der Waals surface area contributed by atoms with Gasteiger partial charge in [0.2, 0.25) is 0 Å². The molecule has 3 rings (SSSR count). The lowest BCUT2D eigenvalue weighted by atomic mass is 9.65. The van der Waals surface area contributed by atoms with Crippen LogP contribution in [0.3, 0.4) is 0 Å². The number of piperidine rings is 1. The van der Waals surface area contributed by atoms with E-state index in [0.717, 1.165) is 31.2 Å². The monoisotopic (exact) mass is 318 g/mol. The Hall–Kier alpha value is -1.91. The first-order valence-electron chi connectivity index (χ1n) is 8.26. The molecule has 0 aliphatic carbocycles. The first-order chi connectivity index (χ1) is 10.7. The number of phenols is 1. The molecule has 0 saturated carbocycles. The molecule has 2 saturated heterocycles. The van der Waals surface area contributed by atoms with Crippen LogP contribution in [-0.2, 0) is 0 Å².